The smallest absolute Gasteiger partial charge is 0.412 e. The van der Waals surface area contributed by atoms with Crippen molar-refractivity contribution in [3.05, 3.63) is 59.9 Å². The van der Waals surface area contributed by atoms with Crippen molar-refractivity contribution in [2.24, 2.45) is 0 Å². The SMILES string of the molecule is CCN(c1cccc(CN(C(=O)O)c2ccc(F)cc2)c1)C1CC1. The Morgan fingerprint density at radius 3 is 2.46 bits per heavy atom. The van der Waals surface area contributed by atoms with Crippen LogP contribution >= 0.6 is 0 Å². The molecule has 1 fully saturated rings. The molecule has 5 heteroatoms. The molecular weight excluding hydrogens is 307 g/mol. The lowest BCUT2D eigenvalue weighted by molar-refractivity contribution is 0.201. The van der Waals surface area contributed by atoms with Gasteiger partial charge >= 0.3 is 6.09 Å². The fourth-order valence-corrected chi connectivity index (χ4v) is 2.94. The second kappa shape index (κ2) is 6.91. The standard InChI is InChI=1S/C19H21FN2O2/c1-2-21(16-10-11-16)18-5-3-4-14(12-18)13-22(19(23)24)17-8-6-15(20)7-9-17/h3-9,12,16H,2,10-11,13H2,1H3,(H,23,24). The number of amides is 1. The highest BCUT2D eigenvalue weighted by Crippen LogP contribution is 2.32. The minimum Gasteiger partial charge on any atom is -0.465 e. The first kappa shape index (κ1) is 16.3. The van der Waals surface area contributed by atoms with Crippen molar-refractivity contribution in [2.45, 2.75) is 32.4 Å². The van der Waals surface area contributed by atoms with Crippen LogP contribution in [0.5, 0.6) is 0 Å². The molecule has 1 N–H and O–H groups in total. The molecule has 2 aromatic carbocycles. The summed E-state index contributed by atoms with van der Waals surface area (Å²) in [6.07, 6.45) is 1.38. The van der Waals surface area contributed by atoms with E-state index in [1.807, 2.05) is 18.2 Å². The van der Waals surface area contributed by atoms with Crippen LogP contribution in [0.15, 0.2) is 48.5 Å². The summed E-state index contributed by atoms with van der Waals surface area (Å²) in [6.45, 7) is 3.30. The Balaban J connectivity index is 1.82. The number of halogens is 1. The van der Waals surface area contributed by atoms with Crippen LogP contribution < -0.4 is 9.80 Å². The van der Waals surface area contributed by atoms with Crippen molar-refractivity contribution in [1.29, 1.82) is 0 Å². The van der Waals surface area contributed by atoms with Crippen LogP contribution in [0.2, 0.25) is 0 Å². The van der Waals surface area contributed by atoms with E-state index in [1.54, 1.807) is 0 Å². The van der Waals surface area contributed by atoms with Crippen molar-refractivity contribution in [3.8, 4) is 0 Å². The van der Waals surface area contributed by atoms with Crippen LogP contribution in [0, 0.1) is 5.82 Å². The molecule has 0 aromatic heterocycles. The average molecular weight is 328 g/mol. The summed E-state index contributed by atoms with van der Waals surface area (Å²) in [5, 5.41) is 9.50. The van der Waals surface area contributed by atoms with Gasteiger partial charge in [-0.05, 0) is 61.7 Å². The number of carboxylic acid groups (broad SMARTS) is 1. The summed E-state index contributed by atoms with van der Waals surface area (Å²) in [6, 6.07) is 14.1. The number of hydrogen-bond acceptors (Lipinski definition) is 2. The predicted molar refractivity (Wildman–Crippen MR) is 93.1 cm³/mol. The zero-order valence-electron chi connectivity index (χ0n) is 13.7. The fraction of sp³-hybridized carbons (Fsp3) is 0.316. The van der Waals surface area contributed by atoms with Crippen LogP contribution in [0.4, 0.5) is 20.6 Å². The molecule has 0 unspecified atom stereocenters. The van der Waals surface area contributed by atoms with Gasteiger partial charge < -0.3 is 10.0 Å². The molecule has 0 radical (unpaired) electrons. The third-order valence-corrected chi connectivity index (χ3v) is 4.28. The molecular formula is C19H21FN2O2. The fourth-order valence-electron chi connectivity index (χ4n) is 2.94. The Morgan fingerprint density at radius 1 is 1.17 bits per heavy atom. The third-order valence-electron chi connectivity index (χ3n) is 4.28. The van der Waals surface area contributed by atoms with E-state index < -0.39 is 6.09 Å². The van der Waals surface area contributed by atoms with E-state index >= 15 is 0 Å². The molecule has 2 aromatic rings. The summed E-state index contributed by atoms with van der Waals surface area (Å²) >= 11 is 0. The van der Waals surface area contributed by atoms with Gasteiger partial charge in [-0.3, -0.25) is 4.90 Å². The number of hydrogen-bond donors (Lipinski definition) is 1. The first-order chi connectivity index (χ1) is 11.6. The summed E-state index contributed by atoms with van der Waals surface area (Å²) < 4.78 is 13.1. The highest BCUT2D eigenvalue weighted by atomic mass is 19.1. The van der Waals surface area contributed by atoms with Crippen LogP contribution in [0.3, 0.4) is 0 Å². The summed E-state index contributed by atoms with van der Waals surface area (Å²) in [7, 11) is 0. The molecule has 4 nitrogen and oxygen atoms in total. The topological polar surface area (TPSA) is 43.8 Å². The van der Waals surface area contributed by atoms with Gasteiger partial charge in [-0.1, -0.05) is 12.1 Å². The van der Waals surface area contributed by atoms with Crippen molar-refractivity contribution in [3.63, 3.8) is 0 Å². The molecule has 0 heterocycles. The van der Waals surface area contributed by atoms with E-state index in [0.717, 1.165) is 17.8 Å². The second-order valence-electron chi connectivity index (χ2n) is 6.03. The van der Waals surface area contributed by atoms with Crippen LogP contribution in [0.1, 0.15) is 25.3 Å². The Morgan fingerprint density at radius 2 is 1.88 bits per heavy atom. The van der Waals surface area contributed by atoms with Gasteiger partial charge in [0.05, 0.1) is 6.54 Å². The van der Waals surface area contributed by atoms with Gasteiger partial charge in [-0.25, -0.2) is 9.18 Å². The molecule has 1 amide bonds. The maximum absolute atomic E-state index is 13.1. The lowest BCUT2D eigenvalue weighted by Crippen LogP contribution is -2.29. The van der Waals surface area contributed by atoms with Gasteiger partial charge in [-0.15, -0.1) is 0 Å². The van der Waals surface area contributed by atoms with Gasteiger partial charge in [0, 0.05) is 24.0 Å². The Kier molecular flexibility index (Phi) is 4.69. The van der Waals surface area contributed by atoms with E-state index in [-0.39, 0.29) is 12.4 Å². The Labute approximate surface area is 141 Å². The van der Waals surface area contributed by atoms with E-state index in [0.29, 0.717) is 11.7 Å². The maximum Gasteiger partial charge on any atom is 0.412 e. The second-order valence-corrected chi connectivity index (χ2v) is 6.03. The van der Waals surface area contributed by atoms with Gasteiger partial charge in [0.15, 0.2) is 0 Å². The van der Waals surface area contributed by atoms with Crippen molar-refractivity contribution >= 4 is 17.5 Å². The third kappa shape index (κ3) is 3.67. The van der Waals surface area contributed by atoms with E-state index in [1.165, 1.54) is 42.0 Å². The quantitative estimate of drug-likeness (QED) is 0.849. The zero-order valence-corrected chi connectivity index (χ0v) is 13.7. The van der Waals surface area contributed by atoms with Crippen molar-refractivity contribution < 1.29 is 14.3 Å². The first-order valence-corrected chi connectivity index (χ1v) is 8.20. The number of rotatable bonds is 6. The molecule has 126 valence electrons. The number of anilines is 2. The van der Waals surface area contributed by atoms with Crippen molar-refractivity contribution in [2.75, 3.05) is 16.3 Å². The van der Waals surface area contributed by atoms with E-state index in [4.69, 9.17) is 0 Å². The summed E-state index contributed by atoms with van der Waals surface area (Å²) in [5.41, 5.74) is 2.50. The monoisotopic (exact) mass is 328 g/mol. The molecule has 1 aliphatic carbocycles. The van der Waals surface area contributed by atoms with Crippen LogP contribution in [-0.2, 0) is 6.54 Å². The number of benzene rings is 2. The molecule has 0 saturated heterocycles. The molecule has 0 aliphatic heterocycles. The molecule has 1 saturated carbocycles. The lowest BCUT2D eigenvalue weighted by Gasteiger charge is -2.24. The highest BCUT2D eigenvalue weighted by molar-refractivity contribution is 5.85. The molecule has 24 heavy (non-hydrogen) atoms. The summed E-state index contributed by atoms with van der Waals surface area (Å²) in [5.74, 6) is -0.380. The molecule has 0 spiro atoms. The summed E-state index contributed by atoms with van der Waals surface area (Å²) in [4.78, 5) is 15.2. The average Bonchev–Trinajstić information content (AvgIpc) is 3.39. The van der Waals surface area contributed by atoms with Gasteiger partial charge in [0.2, 0.25) is 0 Å². The van der Waals surface area contributed by atoms with Gasteiger partial charge in [0.1, 0.15) is 5.82 Å². The van der Waals surface area contributed by atoms with Crippen LogP contribution in [0.25, 0.3) is 0 Å². The number of carbonyl (C=O) groups is 1. The zero-order chi connectivity index (χ0) is 17.1. The molecule has 1 aliphatic rings. The minimum absolute atomic E-state index is 0.233. The molecule has 0 atom stereocenters. The van der Waals surface area contributed by atoms with E-state index in [9.17, 15) is 14.3 Å². The van der Waals surface area contributed by atoms with E-state index in [2.05, 4.69) is 17.9 Å². The Hall–Kier alpha value is -2.56. The molecule has 0 bridgehead atoms. The number of nitrogens with zero attached hydrogens (tertiary/aromatic N) is 2. The first-order valence-electron chi connectivity index (χ1n) is 8.20. The van der Waals surface area contributed by atoms with Gasteiger partial charge in [0.25, 0.3) is 0 Å². The van der Waals surface area contributed by atoms with Crippen molar-refractivity contribution in [1.82, 2.24) is 0 Å². The minimum atomic E-state index is -1.05. The normalized spacial score (nSPS) is 13.6. The predicted octanol–water partition coefficient (Wildman–Crippen LogP) is 4.50. The molecule has 3 rings (SSSR count). The Bertz CT molecular complexity index is 714. The van der Waals surface area contributed by atoms with Gasteiger partial charge in [-0.2, -0.15) is 0 Å². The highest BCUT2D eigenvalue weighted by Gasteiger charge is 2.28. The lowest BCUT2D eigenvalue weighted by atomic mass is 10.1. The van der Waals surface area contributed by atoms with Crippen LogP contribution in [-0.4, -0.2) is 23.8 Å². The maximum atomic E-state index is 13.1. The largest absolute Gasteiger partial charge is 0.465 e.